The molecule has 1 aliphatic rings. The van der Waals surface area contributed by atoms with Crippen molar-refractivity contribution in [3.8, 4) is 5.75 Å². The number of hydrogen-bond donors (Lipinski definition) is 1. The van der Waals surface area contributed by atoms with Crippen LogP contribution in [0, 0.1) is 5.92 Å². The van der Waals surface area contributed by atoms with Crippen LogP contribution in [-0.4, -0.2) is 24.6 Å². The molecule has 0 aromatic heterocycles. The van der Waals surface area contributed by atoms with Gasteiger partial charge in [-0.15, -0.1) is 0 Å². The Labute approximate surface area is 130 Å². The Morgan fingerprint density at radius 1 is 1.36 bits per heavy atom. The normalized spacial score (nSPS) is 15.3. The average molecular weight is 334 g/mol. The predicted molar refractivity (Wildman–Crippen MR) is 75.0 cm³/mol. The molecule has 1 saturated carbocycles. The van der Waals surface area contributed by atoms with E-state index < -0.39 is 18.6 Å². The van der Waals surface area contributed by atoms with E-state index >= 15 is 0 Å². The van der Waals surface area contributed by atoms with Crippen LogP contribution in [-0.2, 0) is 14.3 Å². The lowest BCUT2D eigenvalue weighted by atomic mass is 10.2. The first-order chi connectivity index (χ1) is 10.4. The average Bonchev–Trinajstić information content (AvgIpc) is 3.25. The molecule has 0 aliphatic heterocycles. The Kier molecular flexibility index (Phi) is 5.18. The number of ether oxygens (including phenoxy) is 2. The number of nitrogens with one attached hydrogen (secondary N) is 1. The molecule has 5 nitrogen and oxygen atoms in total. The van der Waals surface area contributed by atoms with Gasteiger partial charge in [-0.3, -0.25) is 9.59 Å². The van der Waals surface area contributed by atoms with Gasteiger partial charge in [-0.2, -0.15) is 8.78 Å². The molecule has 2 rings (SSSR count). The lowest BCUT2D eigenvalue weighted by molar-refractivity contribution is -0.154. The number of anilines is 1. The van der Waals surface area contributed by atoms with E-state index in [1.165, 1.54) is 25.1 Å². The number of esters is 1. The molecule has 8 heteroatoms. The molecule has 1 aromatic carbocycles. The molecule has 120 valence electrons. The molecule has 0 heterocycles. The van der Waals surface area contributed by atoms with Gasteiger partial charge in [0.2, 0.25) is 0 Å². The van der Waals surface area contributed by atoms with Gasteiger partial charge in [0.25, 0.3) is 5.91 Å². The molecule has 0 saturated heterocycles. The van der Waals surface area contributed by atoms with Crippen molar-refractivity contribution in [3.05, 3.63) is 23.2 Å². The molecular weight excluding hydrogens is 320 g/mol. The summed E-state index contributed by atoms with van der Waals surface area (Å²) in [5.41, 5.74) is 0.283. The Morgan fingerprint density at radius 2 is 2.05 bits per heavy atom. The number of halogens is 3. The predicted octanol–water partition coefficient (Wildman–Crippen LogP) is 3.22. The summed E-state index contributed by atoms with van der Waals surface area (Å²) in [5, 5.41) is 2.42. The van der Waals surface area contributed by atoms with Gasteiger partial charge in [0.1, 0.15) is 5.75 Å². The van der Waals surface area contributed by atoms with Crippen LogP contribution in [0.5, 0.6) is 5.75 Å². The van der Waals surface area contributed by atoms with Crippen LogP contribution in [0.4, 0.5) is 14.5 Å². The minimum atomic E-state index is -2.99. The van der Waals surface area contributed by atoms with Crippen molar-refractivity contribution in [3.63, 3.8) is 0 Å². The lowest BCUT2D eigenvalue weighted by Crippen LogP contribution is -2.30. The highest BCUT2D eigenvalue weighted by Gasteiger charge is 2.33. The van der Waals surface area contributed by atoms with Gasteiger partial charge in [0.15, 0.2) is 6.10 Å². The summed E-state index contributed by atoms with van der Waals surface area (Å²) < 4.78 is 33.4. The van der Waals surface area contributed by atoms with Crippen molar-refractivity contribution in [2.75, 3.05) is 5.32 Å². The number of hydrogen-bond acceptors (Lipinski definition) is 4. The first-order valence-electron chi connectivity index (χ1n) is 6.62. The minimum Gasteiger partial charge on any atom is -0.452 e. The standard InChI is InChI=1S/C14H14ClF2NO4/c1-7(21-13(20)8-2-3-8)12(19)18-9-4-5-11(10(15)6-9)22-14(16)17/h4-8,14H,2-3H2,1H3,(H,18,19). The van der Waals surface area contributed by atoms with E-state index in [0.717, 1.165) is 12.8 Å². The second-order valence-electron chi connectivity index (χ2n) is 4.87. The van der Waals surface area contributed by atoms with Crippen molar-refractivity contribution in [2.45, 2.75) is 32.5 Å². The Balaban J connectivity index is 1.92. The van der Waals surface area contributed by atoms with Gasteiger partial charge in [0, 0.05) is 5.69 Å². The second kappa shape index (κ2) is 6.91. The first kappa shape index (κ1) is 16.5. The Bertz CT molecular complexity index is 578. The monoisotopic (exact) mass is 333 g/mol. The highest BCUT2D eigenvalue weighted by molar-refractivity contribution is 6.32. The summed E-state index contributed by atoms with van der Waals surface area (Å²) in [6.45, 7) is -1.54. The third-order valence-corrected chi connectivity index (χ3v) is 3.28. The molecule has 1 aromatic rings. The molecule has 0 spiro atoms. The fourth-order valence-corrected chi connectivity index (χ4v) is 1.88. The number of alkyl halides is 2. The minimum absolute atomic E-state index is 0.0688. The Hall–Kier alpha value is -1.89. The number of amides is 1. The van der Waals surface area contributed by atoms with Gasteiger partial charge in [-0.25, -0.2) is 0 Å². The topological polar surface area (TPSA) is 64.6 Å². The lowest BCUT2D eigenvalue weighted by Gasteiger charge is -2.14. The summed E-state index contributed by atoms with van der Waals surface area (Å²) in [6.07, 6.45) is 0.617. The van der Waals surface area contributed by atoms with Crippen LogP contribution in [0.25, 0.3) is 0 Å². The van der Waals surface area contributed by atoms with E-state index in [2.05, 4.69) is 10.1 Å². The molecule has 1 fully saturated rings. The largest absolute Gasteiger partial charge is 0.452 e. The van der Waals surface area contributed by atoms with Crippen molar-refractivity contribution < 1.29 is 27.8 Å². The molecular formula is C14H14ClF2NO4. The zero-order valence-corrected chi connectivity index (χ0v) is 12.4. The quantitative estimate of drug-likeness (QED) is 0.812. The van der Waals surface area contributed by atoms with Crippen LogP contribution in [0.3, 0.4) is 0 Å². The maximum atomic E-state index is 12.1. The van der Waals surface area contributed by atoms with Crippen LogP contribution in [0.15, 0.2) is 18.2 Å². The van der Waals surface area contributed by atoms with Crippen LogP contribution < -0.4 is 10.1 Å². The smallest absolute Gasteiger partial charge is 0.387 e. The Morgan fingerprint density at radius 3 is 2.59 bits per heavy atom. The van der Waals surface area contributed by atoms with Gasteiger partial charge in [-0.05, 0) is 38.0 Å². The molecule has 1 N–H and O–H groups in total. The van der Waals surface area contributed by atoms with Gasteiger partial charge in [0.05, 0.1) is 10.9 Å². The molecule has 0 bridgehead atoms. The van der Waals surface area contributed by atoms with Gasteiger partial charge >= 0.3 is 12.6 Å². The molecule has 1 atom stereocenters. The van der Waals surface area contributed by atoms with Crippen molar-refractivity contribution in [1.82, 2.24) is 0 Å². The van der Waals surface area contributed by atoms with Gasteiger partial charge in [-0.1, -0.05) is 11.6 Å². The third-order valence-electron chi connectivity index (χ3n) is 2.99. The molecule has 0 radical (unpaired) electrons. The number of carbonyl (C=O) groups excluding carboxylic acids is 2. The second-order valence-corrected chi connectivity index (χ2v) is 5.27. The van der Waals surface area contributed by atoms with E-state index in [1.54, 1.807) is 0 Å². The van der Waals surface area contributed by atoms with Crippen molar-refractivity contribution in [2.24, 2.45) is 5.92 Å². The summed E-state index contributed by atoms with van der Waals surface area (Å²) >= 11 is 5.78. The molecule has 1 amide bonds. The van der Waals surface area contributed by atoms with E-state index in [1.807, 2.05) is 0 Å². The SMILES string of the molecule is CC(OC(=O)C1CC1)C(=O)Nc1ccc(OC(F)F)c(Cl)c1. The fourth-order valence-electron chi connectivity index (χ4n) is 1.66. The number of carbonyl (C=O) groups is 2. The maximum absolute atomic E-state index is 12.1. The highest BCUT2D eigenvalue weighted by atomic mass is 35.5. The van der Waals surface area contributed by atoms with E-state index in [-0.39, 0.29) is 28.3 Å². The van der Waals surface area contributed by atoms with E-state index in [0.29, 0.717) is 0 Å². The maximum Gasteiger partial charge on any atom is 0.387 e. The van der Waals surface area contributed by atoms with E-state index in [4.69, 9.17) is 16.3 Å². The fraction of sp³-hybridized carbons (Fsp3) is 0.429. The number of rotatable bonds is 6. The first-order valence-corrected chi connectivity index (χ1v) is 7.00. The van der Waals surface area contributed by atoms with Crippen LogP contribution >= 0.6 is 11.6 Å². The molecule has 1 unspecified atom stereocenters. The number of benzene rings is 1. The zero-order valence-electron chi connectivity index (χ0n) is 11.6. The molecule has 22 heavy (non-hydrogen) atoms. The van der Waals surface area contributed by atoms with E-state index in [9.17, 15) is 18.4 Å². The van der Waals surface area contributed by atoms with Crippen LogP contribution in [0.2, 0.25) is 5.02 Å². The summed E-state index contributed by atoms with van der Waals surface area (Å²) in [6, 6.07) is 3.84. The summed E-state index contributed by atoms with van der Waals surface area (Å²) in [7, 11) is 0. The summed E-state index contributed by atoms with van der Waals surface area (Å²) in [4.78, 5) is 23.3. The summed E-state index contributed by atoms with van der Waals surface area (Å²) in [5.74, 6) is -1.22. The van der Waals surface area contributed by atoms with Crippen molar-refractivity contribution >= 4 is 29.2 Å². The zero-order chi connectivity index (χ0) is 16.3. The van der Waals surface area contributed by atoms with Crippen LogP contribution in [0.1, 0.15) is 19.8 Å². The highest BCUT2D eigenvalue weighted by Crippen LogP contribution is 2.31. The van der Waals surface area contributed by atoms with Crippen molar-refractivity contribution in [1.29, 1.82) is 0 Å². The molecule has 1 aliphatic carbocycles. The van der Waals surface area contributed by atoms with Gasteiger partial charge < -0.3 is 14.8 Å². The third kappa shape index (κ3) is 4.56.